The monoisotopic (exact) mass is 222 g/mol. The Kier molecular flexibility index (Phi) is 2.97. The van der Waals surface area contributed by atoms with Crippen molar-refractivity contribution in [1.29, 1.82) is 0 Å². The molecule has 2 aromatic heterocycles. The topological polar surface area (TPSA) is 43.6 Å². The maximum Gasteiger partial charge on any atom is 0.235 e. The quantitative estimate of drug-likeness (QED) is 0.800. The Bertz CT molecular complexity index is 435. The Morgan fingerprint density at radius 1 is 1.27 bits per heavy atom. The molecule has 0 aliphatic heterocycles. The predicted molar refractivity (Wildman–Crippen MR) is 58.2 cm³/mol. The standard InChI is InChI=1S/C10H11ClN4/c1-2-3-9-12-4-5-15(9)10-13-6-8(11)7-14-10/h4-7H,2-3H2,1H3. The Morgan fingerprint density at radius 3 is 2.67 bits per heavy atom. The summed E-state index contributed by atoms with van der Waals surface area (Å²) in [6, 6.07) is 0. The normalized spacial score (nSPS) is 10.5. The average molecular weight is 223 g/mol. The van der Waals surface area contributed by atoms with E-state index in [4.69, 9.17) is 11.6 Å². The van der Waals surface area contributed by atoms with Crippen LogP contribution in [0.3, 0.4) is 0 Å². The number of hydrogen-bond acceptors (Lipinski definition) is 3. The second-order valence-corrected chi connectivity index (χ2v) is 3.60. The van der Waals surface area contributed by atoms with Crippen LogP contribution >= 0.6 is 11.6 Å². The van der Waals surface area contributed by atoms with Crippen LogP contribution in [-0.2, 0) is 6.42 Å². The van der Waals surface area contributed by atoms with E-state index in [1.807, 2.05) is 10.8 Å². The van der Waals surface area contributed by atoms with Gasteiger partial charge in [-0.3, -0.25) is 4.57 Å². The van der Waals surface area contributed by atoms with Crippen LogP contribution in [0.2, 0.25) is 5.02 Å². The molecule has 0 aliphatic carbocycles. The predicted octanol–water partition coefficient (Wildman–Crippen LogP) is 2.27. The Labute approximate surface area is 93.0 Å². The number of hydrogen-bond donors (Lipinski definition) is 0. The van der Waals surface area contributed by atoms with Gasteiger partial charge in [-0.1, -0.05) is 18.5 Å². The second-order valence-electron chi connectivity index (χ2n) is 3.16. The third-order valence-corrected chi connectivity index (χ3v) is 2.21. The minimum atomic E-state index is 0.538. The van der Waals surface area contributed by atoms with Crippen molar-refractivity contribution in [3.63, 3.8) is 0 Å². The first kappa shape index (κ1) is 10.1. The van der Waals surface area contributed by atoms with E-state index in [-0.39, 0.29) is 0 Å². The van der Waals surface area contributed by atoms with E-state index >= 15 is 0 Å². The highest BCUT2D eigenvalue weighted by atomic mass is 35.5. The van der Waals surface area contributed by atoms with Gasteiger partial charge in [0.1, 0.15) is 5.82 Å². The van der Waals surface area contributed by atoms with Gasteiger partial charge in [0.15, 0.2) is 0 Å². The van der Waals surface area contributed by atoms with Crippen LogP contribution in [0.1, 0.15) is 19.2 Å². The molecular weight excluding hydrogens is 212 g/mol. The molecule has 78 valence electrons. The molecule has 15 heavy (non-hydrogen) atoms. The molecule has 0 aliphatic rings. The van der Waals surface area contributed by atoms with Gasteiger partial charge in [0.25, 0.3) is 0 Å². The summed E-state index contributed by atoms with van der Waals surface area (Å²) in [4.78, 5) is 12.5. The first-order valence-electron chi connectivity index (χ1n) is 4.81. The summed E-state index contributed by atoms with van der Waals surface area (Å²) in [6.45, 7) is 2.11. The molecule has 0 aromatic carbocycles. The molecule has 2 aromatic rings. The first-order valence-corrected chi connectivity index (χ1v) is 5.19. The van der Waals surface area contributed by atoms with Gasteiger partial charge in [0.05, 0.1) is 17.4 Å². The number of halogens is 1. The van der Waals surface area contributed by atoms with E-state index in [9.17, 15) is 0 Å². The molecule has 0 unspecified atom stereocenters. The van der Waals surface area contributed by atoms with E-state index in [1.165, 1.54) is 0 Å². The van der Waals surface area contributed by atoms with E-state index in [1.54, 1.807) is 18.6 Å². The molecule has 0 bridgehead atoms. The number of imidazole rings is 1. The van der Waals surface area contributed by atoms with Crippen LogP contribution in [0.5, 0.6) is 0 Å². The summed E-state index contributed by atoms with van der Waals surface area (Å²) in [6.07, 6.45) is 8.74. The lowest BCUT2D eigenvalue weighted by Gasteiger charge is -2.04. The maximum atomic E-state index is 5.72. The van der Waals surface area contributed by atoms with E-state index in [0.717, 1.165) is 18.7 Å². The van der Waals surface area contributed by atoms with Crippen LogP contribution in [0.15, 0.2) is 24.8 Å². The zero-order valence-corrected chi connectivity index (χ0v) is 9.15. The molecular formula is C10H11ClN4. The Morgan fingerprint density at radius 2 is 2.00 bits per heavy atom. The highest BCUT2D eigenvalue weighted by molar-refractivity contribution is 6.30. The lowest BCUT2D eigenvalue weighted by molar-refractivity contribution is 0.782. The highest BCUT2D eigenvalue weighted by Gasteiger charge is 2.05. The third-order valence-electron chi connectivity index (χ3n) is 2.01. The van der Waals surface area contributed by atoms with Gasteiger partial charge in [-0.25, -0.2) is 15.0 Å². The molecule has 4 nitrogen and oxygen atoms in total. The fraction of sp³-hybridized carbons (Fsp3) is 0.300. The van der Waals surface area contributed by atoms with E-state index in [2.05, 4.69) is 21.9 Å². The summed E-state index contributed by atoms with van der Waals surface area (Å²) in [5.74, 6) is 1.58. The van der Waals surface area contributed by atoms with E-state index < -0.39 is 0 Å². The number of nitrogens with zero attached hydrogens (tertiary/aromatic N) is 4. The lowest BCUT2D eigenvalue weighted by Crippen LogP contribution is -2.04. The SMILES string of the molecule is CCCc1nccn1-c1ncc(Cl)cn1. The molecule has 0 fully saturated rings. The molecule has 0 amide bonds. The van der Waals surface area contributed by atoms with Gasteiger partial charge in [-0.15, -0.1) is 0 Å². The van der Waals surface area contributed by atoms with Crippen LogP contribution < -0.4 is 0 Å². The Balaban J connectivity index is 2.36. The Hall–Kier alpha value is -1.42. The van der Waals surface area contributed by atoms with Crippen LogP contribution in [0, 0.1) is 0 Å². The molecule has 2 rings (SSSR count). The fourth-order valence-electron chi connectivity index (χ4n) is 1.35. The van der Waals surface area contributed by atoms with Gasteiger partial charge in [0, 0.05) is 18.8 Å². The molecule has 0 N–H and O–H groups in total. The summed E-state index contributed by atoms with van der Waals surface area (Å²) < 4.78 is 1.87. The molecule has 0 spiro atoms. The summed E-state index contributed by atoms with van der Waals surface area (Å²) in [7, 11) is 0. The minimum Gasteiger partial charge on any atom is -0.272 e. The third kappa shape index (κ3) is 2.15. The van der Waals surface area contributed by atoms with Crippen LogP contribution in [-0.4, -0.2) is 19.5 Å². The molecule has 0 saturated carbocycles. The van der Waals surface area contributed by atoms with Crippen molar-refractivity contribution in [2.24, 2.45) is 0 Å². The zero-order valence-electron chi connectivity index (χ0n) is 8.39. The van der Waals surface area contributed by atoms with Crippen molar-refractivity contribution >= 4 is 11.6 Å². The van der Waals surface area contributed by atoms with Crippen molar-refractivity contribution < 1.29 is 0 Å². The van der Waals surface area contributed by atoms with Gasteiger partial charge in [-0.2, -0.15) is 0 Å². The molecule has 5 heteroatoms. The minimum absolute atomic E-state index is 0.538. The van der Waals surface area contributed by atoms with Gasteiger partial charge in [0.2, 0.25) is 5.95 Å². The highest BCUT2D eigenvalue weighted by Crippen LogP contribution is 2.09. The number of aromatic nitrogens is 4. The van der Waals surface area contributed by atoms with Gasteiger partial charge >= 0.3 is 0 Å². The van der Waals surface area contributed by atoms with Crippen molar-refractivity contribution in [3.8, 4) is 5.95 Å². The first-order chi connectivity index (χ1) is 7.31. The smallest absolute Gasteiger partial charge is 0.235 e. The van der Waals surface area contributed by atoms with Crippen LogP contribution in [0.4, 0.5) is 0 Å². The molecule has 2 heterocycles. The van der Waals surface area contributed by atoms with Crippen molar-refractivity contribution in [2.45, 2.75) is 19.8 Å². The van der Waals surface area contributed by atoms with Gasteiger partial charge < -0.3 is 0 Å². The summed E-state index contributed by atoms with van der Waals surface area (Å²) in [5.41, 5.74) is 0. The summed E-state index contributed by atoms with van der Waals surface area (Å²) >= 11 is 5.72. The second kappa shape index (κ2) is 4.40. The maximum absolute atomic E-state index is 5.72. The van der Waals surface area contributed by atoms with Crippen LogP contribution in [0.25, 0.3) is 5.95 Å². The fourth-order valence-corrected chi connectivity index (χ4v) is 1.45. The molecule has 0 saturated heterocycles. The molecule has 0 radical (unpaired) electrons. The van der Waals surface area contributed by atoms with E-state index in [0.29, 0.717) is 11.0 Å². The summed E-state index contributed by atoms with van der Waals surface area (Å²) in [5, 5.41) is 0.538. The average Bonchev–Trinajstić information content (AvgIpc) is 2.68. The van der Waals surface area contributed by atoms with Crippen molar-refractivity contribution in [3.05, 3.63) is 35.6 Å². The van der Waals surface area contributed by atoms with Crippen molar-refractivity contribution in [1.82, 2.24) is 19.5 Å². The number of rotatable bonds is 3. The number of aryl methyl sites for hydroxylation is 1. The van der Waals surface area contributed by atoms with Gasteiger partial charge in [-0.05, 0) is 6.42 Å². The van der Waals surface area contributed by atoms with Crippen molar-refractivity contribution in [2.75, 3.05) is 0 Å². The largest absolute Gasteiger partial charge is 0.272 e. The molecule has 0 atom stereocenters. The lowest BCUT2D eigenvalue weighted by atomic mass is 10.3. The zero-order chi connectivity index (χ0) is 10.7.